The number of carbonyl (C=O) groups is 1. The summed E-state index contributed by atoms with van der Waals surface area (Å²) in [7, 11) is 0. The van der Waals surface area contributed by atoms with Crippen molar-refractivity contribution in [1.29, 1.82) is 0 Å². The third-order valence-electron chi connectivity index (χ3n) is 2.78. The highest BCUT2D eigenvalue weighted by molar-refractivity contribution is 6.30. The average molecular weight is 276 g/mol. The van der Waals surface area contributed by atoms with Crippen molar-refractivity contribution in [2.45, 2.75) is 5.38 Å². The summed E-state index contributed by atoms with van der Waals surface area (Å²) >= 11 is 5.99. The lowest BCUT2D eigenvalue weighted by molar-refractivity contribution is -0.134. The molecule has 18 heavy (non-hydrogen) atoms. The van der Waals surface area contributed by atoms with E-state index in [9.17, 15) is 13.6 Å². The number of hydrogen-bond donors (Lipinski definition) is 0. The molecule has 6 heteroatoms. The molecule has 0 saturated carbocycles. The van der Waals surface area contributed by atoms with Crippen LogP contribution in [0.1, 0.15) is 10.9 Å². The second-order valence-corrected chi connectivity index (χ2v) is 4.41. The van der Waals surface area contributed by atoms with Gasteiger partial charge < -0.3 is 9.64 Å². The molecule has 1 heterocycles. The number of nitrogens with zero attached hydrogens (tertiary/aromatic N) is 1. The molecule has 0 N–H and O–H groups in total. The number of carbonyl (C=O) groups excluding carboxylic acids is 1. The molecule has 0 spiro atoms. The molecule has 1 saturated heterocycles. The van der Waals surface area contributed by atoms with Crippen LogP contribution < -0.4 is 0 Å². The van der Waals surface area contributed by atoms with E-state index in [4.69, 9.17) is 16.3 Å². The molecule has 1 aliphatic heterocycles. The number of halogens is 3. The molecular weight excluding hydrogens is 264 g/mol. The Kier molecular flexibility index (Phi) is 4.14. The summed E-state index contributed by atoms with van der Waals surface area (Å²) in [5.74, 6) is -2.28. The monoisotopic (exact) mass is 275 g/mol. The number of ether oxygens (including phenoxy) is 1. The molecule has 0 aromatic heterocycles. The maximum absolute atomic E-state index is 13.1. The number of alkyl halides is 1. The highest BCUT2D eigenvalue weighted by atomic mass is 35.5. The van der Waals surface area contributed by atoms with Gasteiger partial charge in [-0.1, -0.05) is 6.07 Å². The fraction of sp³-hybridized carbons (Fsp3) is 0.417. The Balaban J connectivity index is 2.11. The van der Waals surface area contributed by atoms with Crippen LogP contribution in [0.3, 0.4) is 0 Å². The quantitative estimate of drug-likeness (QED) is 0.774. The van der Waals surface area contributed by atoms with Gasteiger partial charge in [0.05, 0.1) is 13.2 Å². The summed E-state index contributed by atoms with van der Waals surface area (Å²) in [5.41, 5.74) is 0.257. The Morgan fingerprint density at radius 2 is 1.94 bits per heavy atom. The van der Waals surface area contributed by atoms with Gasteiger partial charge in [0.15, 0.2) is 11.6 Å². The lowest BCUT2D eigenvalue weighted by Crippen LogP contribution is -2.42. The van der Waals surface area contributed by atoms with Gasteiger partial charge in [0.25, 0.3) is 0 Å². The molecule has 2 rings (SSSR count). The van der Waals surface area contributed by atoms with E-state index in [1.165, 1.54) is 6.07 Å². The van der Waals surface area contributed by atoms with Gasteiger partial charge in [0.1, 0.15) is 5.38 Å². The molecule has 1 unspecified atom stereocenters. The standard InChI is InChI=1S/C12H12ClF2NO2/c13-11(8-1-2-9(14)10(15)7-8)12(17)16-3-5-18-6-4-16/h1-2,7,11H,3-6H2. The van der Waals surface area contributed by atoms with Crippen molar-refractivity contribution >= 4 is 17.5 Å². The third-order valence-corrected chi connectivity index (χ3v) is 3.21. The van der Waals surface area contributed by atoms with E-state index >= 15 is 0 Å². The van der Waals surface area contributed by atoms with E-state index < -0.39 is 17.0 Å². The zero-order valence-electron chi connectivity index (χ0n) is 9.54. The maximum atomic E-state index is 13.1. The van der Waals surface area contributed by atoms with Gasteiger partial charge in [-0.3, -0.25) is 4.79 Å². The first-order valence-corrected chi connectivity index (χ1v) is 5.99. The highest BCUT2D eigenvalue weighted by Gasteiger charge is 2.25. The molecule has 1 fully saturated rings. The van der Waals surface area contributed by atoms with E-state index in [1.807, 2.05) is 0 Å². The molecule has 0 aliphatic carbocycles. The largest absolute Gasteiger partial charge is 0.378 e. The molecule has 1 aromatic rings. The van der Waals surface area contributed by atoms with Gasteiger partial charge in [0.2, 0.25) is 5.91 Å². The summed E-state index contributed by atoms with van der Waals surface area (Å²) in [6.07, 6.45) is 0. The highest BCUT2D eigenvalue weighted by Crippen LogP contribution is 2.24. The zero-order chi connectivity index (χ0) is 13.1. The third kappa shape index (κ3) is 2.79. The molecule has 1 amide bonds. The second-order valence-electron chi connectivity index (χ2n) is 3.97. The Bertz CT molecular complexity index is 450. The Hall–Kier alpha value is -1.20. The fourth-order valence-corrected chi connectivity index (χ4v) is 2.03. The van der Waals surface area contributed by atoms with E-state index in [1.54, 1.807) is 4.90 Å². The lowest BCUT2D eigenvalue weighted by Gasteiger charge is -2.28. The van der Waals surface area contributed by atoms with Crippen LogP contribution >= 0.6 is 11.6 Å². The van der Waals surface area contributed by atoms with Crippen LogP contribution in [0.25, 0.3) is 0 Å². The number of benzene rings is 1. The summed E-state index contributed by atoms with van der Waals surface area (Å²) in [6.45, 7) is 1.86. The first kappa shape index (κ1) is 13.2. The topological polar surface area (TPSA) is 29.5 Å². The van der Waals surface area contributed by atoms with Crippen LogP contribution in [0.15, 0.2) is 18.2 Å². The number of morpholine rings is 1. The van der Waals surface area contributed by atoms with Gasteiger partial charge in [0, 0.05) is 13.1 Å². The van der Waals surface area contributed by atoms with Crippen LogP contribution in [0.5, 0.6) is 0 Å². The van der Waals surface area contributed by atoms with E-state index in [0.717, 1.165) is 12.1 Å². The second kappa shape index (κ2) is 5.63. The van der Waals surface area contributed by atoms with Crippen molar-refractivity contribution in [3.05, 3.63) is 35.4 Å². The average Bonchev–Trinajstić information content (AvgIpc) is 2.41. The summed E-state index contributed by atoms with van der Waals surface area (Å²) < 4.78 is 31.0. The Labute approximate surface area is 108 Å². The molecular formula is C12H12ClF2NO2. The first-order chi connectivity index (χ1) is 8.59. The molecule has 0 radical (unpaired) electrons. The summed E-state index contributed by atoms with van der Waals surface area (Å²) in [5, 5.41) is -1.00. The van der Waals surface area contributed by atoms with Gasteiger partial charge in [-0.2, -0.15) is 0 Å². The van der Waals surface area contributed by atoms with E-state index in [2.05, 4.69) is 0 Å². The predicted molar refractivity (Wildman–Crippen MR) is 62.4 cm³/mol. The Morgan fingerprint density at radius 1 is 1.28 bits per heavy atom. The molecule has 3 nitrogen and oxygen atoms in total. The minimum absolute atomic E-state index is 0.257. The molecule has 98 valence electrons. The van der Waals surface area contributed by atoms with Crippen LogP contribution in [0.4, 0.5) is 8.78 Å². The van der Waals surface area contributed by atoms with Crippen molar-refractivity contribution in [2.24, 2.45) is 0 Å². The van der Waals surface area contributed by atoms with Crippen molar-refractivity contribution in [3.63, 3.8) is 0 Å². The smallest absolute Gasteiger partial charge is 0.245 e. The molecule has 0 bridgehead atoms. The number of amides is 1. The molecule has 1 atom stereocenters. The van der Waals surface area contributed by atoms with Gasteiger partial charge in [-0.25, -0.2) is 8.78 Å². The minimum atomic E-state index is -1.01. The van der Waals surface area contributed by atoms with Crippen LogP contribution in [0, 0.1) is 11.6 Å². The SMILES string of the molecule is O=C(C(Cl)c1ccc(F)c(F)c1)N1CCOCC1. The van der Waals surface area contributed by atoms with Crippen LogP contribution in [-0.2, 0) is 9.53 Å². The van der Waals surface area contributed by atoms with Crippen LogP contribution in [0.2, 0.25) is 0 Å². The van der Waals surface area contributed by atoms with Crippen molar-refractivity contribution in [2.75, 3.05) is 26.3 Å². The lowest BCUT2D eigenvalue weighted by atomic mass is 10.1. The zero-order valence-corrected chi connectivity index (χ0v) is 10.3. The molecule has 1 aliphatic rings. The normalized spacial score (nSPS) is 17.6. The van der Waals surface area contributed by atoms with Crippen molar-refractivity contribution < 1.29 is 18.3 Å². The molecule has 1 aromatic carbocycles. The first-order valence-electron chi connectivity index (χ1n) is 5.55. The number of rotatable bonds is 2. The van der Waals surface area contributed by atoms with Crippen molar-refractivity contribution in [1.82, 2.24) is 4.90 Å². The van der Waals surface area contributed by atoms with Gasteiger partial charge in [-0.05, 0) is 17.7 Å². The number of hydrogen-bond acceptors (Lipinski definition) is 2. The van der Waals surface area contributed by atoms with Gasteiger partial charge in [-0.15, -0.1) is 11.6 Å². The van der Waals surface area contributed by atoms with Gasteiger partial charge >= 0.3 is 0 Å². The predicted octanol–water partition coefficient (Wildman–Crippen LogP) is 2.10. The summed E-state index contributed by atoms with van der Waals surface area (Å²) in [4.78, 5) is 13.6. The maximum Gasteiger partial charge on any atom is 0.245 e. The van der Waals surface area contributed by atoms with Crippen LogP contribution in [-0.4, -0.2) is 37.1 Å². The fourth-order valence-electron chi connectivity index (χ4n) is 1.76. The van der Waals surface area contributed by atoms with Crippen molar-refractivity contribution in [3.8, 4) is 0 Å². The summed E-state index contributed by atoms with van der Waals surface area (Å²) in [6, 6.07) is 3.23. The van der Waals surface area contributed by atoms with E-state index in [-0.39, 0.29) is 11.5 Å². The Morgan fingerprint density at radius 3 is 2.56 bits per heavy atom. The minimum Gasteiger partial charge on any atom is -0.378 e. The van der Waals surface area contributed by atoms with E-state index in [0.29, 0.717) is 26.3 Å².